The monoisotopic (exact) mass is 273 g/mol. The average Bonchev–Trinajstić information content (AvgIpc) is 2.37. The first-order valence-electron chi connectivity index (χ1n) is 6.08. The molecular formula is C15H15NO4. The number of benzene rings is 1. The molecule has 1 aliphatic rings. The van der Waals surface area contributed by atoms with Crippen LogP contribution >= 0.6 is 0 Å². The number of allylic oxidation sites excluding steroid dienone is 2. The largest absolute Gasteiger partial charge is 0.480 e. The van der Waals surface area contributed by atoms with Gasteiger partial charge in [-0.15, -0.1) is 0 Å². The maximum atomic E-state index is 11.8. The van der Waals surface area contributed by atoms with Gasteiger partial charge in [0.15, 0.2) is 0 Å². The SMILES string of the molecule is CC1=CC(C(=O)O)(c2cccc(N)c2)CC(C(=O)O)=C1. The molecule has 5 nitrogen and oxygen atoms in total. The number of rotatable bonds is 3. The molecule has 104 valence electrons. The lowest BCUT2D eigenvalue weighted by atomic mass is 9.71. The van der Waals surface area contributed by atoms with Gasteiger partial charge in [0, 0.05) is 17.7 Å². The van der Waals surface area contributed by atoms with Crippen LogP contribution in [0.2, 0.25) is 0 Å². The number of hydrogen-bond donors (Lipinski definition) is 3. The minimum absolute atomic E-state index is 0.0785. The molecule has 1 aromatic rings. The summed E-state index contributed by atoms with van der Waals surface area (Å²) in [5.41, 5.74) is 5.94. The van der Waals surface area contributed by atoms with Crippen LogP contribution in [-0.4, -0.2) is 22.2 Å². The van der Waals surface area contributed by atoms with Gasteiger partial charge >= 0.3 is 11.9 Å². The van der Waals surface area contributed by atoms with E-state index in [-0.39, 0.29) is 12.0 Å². The Morgan fingerprint density at radius 2 is 2.00 bits per heavy atom. The first-order chi connectivity index (χ1) is 9.35. The molecule has 0 saturated heterocycles. The lowest BCUT2D eigenvalue weighted by Crippen LogP contribution is -2.37. The van der Waals surface area contributed by atoms with E-state index in [0.29, 0.717) is 16.8 Å². The van der Waals surface area contributed by atoms with Gasteiger partial charge in [-0.3, -0.25) is 4.79 Å². The number of anilines is 1. The van der Waals surface area contributed by atoms with Crippen LogP contribution in [-0.2, 0) is 15.0 Å². The smallest absolute Gasteiger partial charge is 0.331 e. The van der Waals surface area contributed by atoms with Crippen LogP contribution in [0.5, 0.6) is 0 Å². The molecule has 0 spiro atoms. The van der Waals surface area contributed by atoms with Gasteiger partial charge in [-0.2, -0.15) is 0 Å². The number of carboxylic acids is 2. The van der Waals surface area contributed by atoms with Crippen molar-refractivity contribution in [3.63, 3.8) is 0 Å². The maximum absolute atomic E-state index is 11.8. The second kappa shape index (κ2) is 4.85. The van der Waals surface area contributed by atoms with Crippen LogP contribution in [0, 0.1) is 0 Å². The van der Waals surface area contributed by atoms with Gasteiger partial charge in [0.25, 0.3) is 0 Å². The van der Waals surface area contributed by atoms with Crippen molar-refractivity contribution in [2.24, 2.45) is 0 Å². The van der Waals surface area contributed by atoms with E-state index in [4.69, 9.17) is 10.8 Å². The third-order valence-electron chi connectivity index (χ3n) is 3.40. The molecule has 1 unspecified atom stereocenters. The van der Waals surface area contributed by atoms with E-state index < -0.39 is 17.4 Å². The van der Waals surface area contributed by atoms with E-state index in [9.17, 15) is 14.7 Å². The van der Waals surface area contributed by atoms with Gasteiger partial charge in [0.05, 0.1) is 0 Å². The van der Waals surface area contributed by atoms with E-state index in [1.54, 1.807) is 37.3 Å². The van der Waals surface area contributed by atoms with Gasteiger partial charge in [-0.1, -0.05) is 23.8 Å². The Morgan fingerprint density at radius 1 is 1.30 bits per heavy atom. The Hall–Kier alpha value is -2.56. The normalized spacial score (nSPS) is 21.9. The predicted octanol–water partition coefficient (Wildman–Crippen LogP) is 1.95. The van der Waals surface area contributed by atoms with Crippen LogP contribution in [0.1, 0.15) is 18.9 Å². The van der Waals surface area contributed by atoms with Gasteiger partial charge in [0.2, 0.25) is 0 Å². The summed E-state index contributed by atoms with van der Waals surface area (Å²) in [5.74, 6) is -2.19. The van der Waals surface area contributed by atoms with E-state index in [2.05, 4.69) is 0 Å². The standard InChI is InChI=1S/C15H15NO4/c1-9-5-10(13(17)18)8-15(7-9,14(19)20)11-3-2-4-12(16)6-11/h2-7H,8,16H2,1H3,(H,17,18)(H,19,20). The van der Waals surface area contributed by atoms with Crippen LogP contribution < -0.4 is 5.73 Å². The zero-order valence-corrected chi connectivity index (χ0v) is 11.0. The second-order valence-corrected chi connectivity index (χ2v) is 4.94. The highest BCUT2D eigenvalue weighted by Gasteiger charge is 2.42. The molecule has 0 amide bonds. The quantitative estimate of drug-likeness (QED) is 0.731. The molecule has 0 saturated carbocycles. The summed E-state index contributed by atoms with van der Waals surface area (Å²) in [4.78, 5) is 23.0. The minimum Gasteiger partial charge on any atom is -0.480 e. The lowest BCUT2D eigenvalue weighted by Gasteiger charge is -2.30. The van der Waals surface area contributed by atoms with Gasteiger partial charge in [-0.25, -0.2) is 4.79 Å². The Bertz CT molecular complexity index is 645. The van der Waals surface area contributed by atoms with Crippen molar-refractivity contribution >= 4 is 17.6 Å². The van der Waals surface area contributed by atoms with Gasteiger partial charge in [0.1, 0.15) is 5.41 Å². The molecule has 1 aliphatic carbocycles. The summed E-state index contributed by atoms with van der Waals surface area (Å²) in [6.07, 6.45) is 2.98. The molecule has 0 radical (unpaired) electrons. The summed E-state index contributed by atoms with van der Waals surface area (Å²) < 4.78 is 0. The average molecular weight is 273 g/mol. The van der Waals surface area contributed by atoms with Crippen molar-refractivity contribution < 1.29 is 19.8 Å². The third kappa shape index (κ3) is 2.30. The summed E-state index contributed by atoms with van der Waals surface area (Å²) in [6.45, 7) is 1.69. The topological polar surface area (TPSA) is 101 Å². The van der Waals surface area contributed by atoms with E-state index in [1.807, 2.05) is 0 Å². The summed E-state index contributed by atoms with van der Waals surface area (Å²) in [6, 6.07) is 6.55. The molecule has 20 heavy (non-hydrogen) atoms. The van der Waals surface area contributed by atoms with Crippen molar-refractivity contribution in [2.45, 2.75) is 18.8 Å². The zero-order chi connectivity index (χ0) is 14.9. The molecule has 0 heterocycles. The number of carbonyl (C=O) groups is 2. The minimum atomic E-state index is -1.39. The van der Waals surface area contributed by atoms with Crippen LogP contribution in [0.3, 0.4) is 0 Å². The molecule has 0 fully saturated rings. The van der Waals surface area contributed by atoms with Gasteiger partial charge in [-0.05, 0) is 30.7 Å². The number of nitrogens with two attached hydrogens (primary N) is 1. The number of hydrogen-bond acceptors (Lipinski definition) is 3. The Morgan fingerprint density at radius 3 is 2.55 bits per heavy atom. The molecule has 5 heteroatoms. The molecule has 2 rings (SSSR count). The first-order valence-corrected chi connectivity index (χ1v) is 6.08. The summed E-state index contributed by atoms with van der Waals surface area (Å²) in [5, 5.41) is 18.8. The van der Waals surface area contributed by atoms with Crippen molar-refractivity contribution in [2.75, 3.05) is 5.73 Å². The van der Waals surface area contributed by atoms with Gasteiger partial charge < -0.3 is 15.9 Å². The lowest BCUT2D eigenvalue weighted by molar-refractivity contribution is -0.142. The summed E-state index contributed by atoms with van der Waals surface area (Å²) in [7, 11) is 0. The highest BCUT2D eigenvalue weighted by Crippen LogP contribution is 2.38. The fourth-order valence-corrected chi connectivity index (χ4v) is 2.51. The highest BCUT2D eigenvalue weighted by atomic mass is 16.4. The van der Waals surface area contributed by atoms with Crippen molar-refractivity contribution in [3.8, 4) is 0 Å². The highest BCUT2D eigenvalue weighted by molar-refractivity contribution is 5.93. The molecule has 1 aromatic carbocycles. The predicted molar refractivity (Wildman–Crippen MR) is 74.3 cm³/mol. The van der Waals surface area contributed by atoms with Crippen molar-refractivity contribution in [1.82, 2.24) is 0 Å². The summed E-state index contributed by atoms with van der Waals surface area (Å²) >= 11 is 0. The first kappa shape index (κ1) is 13.9. The molecule has 0 aromatic heterocycles. The number of nitrogen functional groups attached to an aromatic ring is 1. The molecule has 0 aliphatic heterocycles. The van der Waals surface area contributed by atoms with Crippen LogP contribution in [0.25, 0.3) is 0 Å². The molecule has 4 N–H and O–H groups in total. The van der Waals surface area contributed by atoms with E-state index >= 15 is 0 Å². The fourth-order valence-electron chi connectivity index (χ4n) is 2.51. The third-order valence-corrected chi connectivity index (χ3v) is 3.40. The van der Waals surface area contributed by atoms with Crippen LogP contribution in [0.15, 0.2) is 47.6 Å². The maximum Gasteiger partial charge on any atom is 0.331 e. The Balaban J connectivity index is 2.61. The molecular weight excluding hydrogens is 258 g/mol. The van der Waals surface area contributed by atoms with Crippen molar-refractivity contribution in [3.05, 3.63) is 53.1 Å². The Kier molecular flexibility index (Phi) is 3.36. The van der Waals surface area contributed by atoms with Crippen LogP contribution in [0.4, 0.5) is 5.69 Å². The molecule has 1 atom stereocenters. The fraction of sp³-hybridized carbons (Fsp3) is 0.200. The second-order valence-electron chi connectivity index (χ2n) is 4.94. The van der Waals surface area contributed by atoms with E-state index in [1.165, 1.54) is 6.08 Å². The zero-order valence-electron chi connectivity index (χ0n) is 11.0. The van der Waals surface area contributed by atoms with E-state index in [0.717, 1.165) is 0 Å². The van der Waals surface area contributed by atoms with Crippen molar-refractivity contribution in [1.29, 1.82) is 0 Å². The Labute approximate surface area is 116 Å². The number of aliphatic carboxylic acids is 2. The molecule has 0 bridgehead atoms. The number of carboxylic acid groups (broad SMARTS) is 2.